The molecule has 0 spiro atoms. The van der Waals surface area contributed by atoms with E-state index in [0.717, 1.165) is 46.8 Å². The normalized spacial score (nSPS) is 18.0. The molecule has 1 unspecified atom stereocenters. The smallest absolute Gasteiger partial charge is 0.205 e. The van der Waals surface area contributed by atoms with Gasteiger partial charge in [0.05, 0.1) is 19.9 Å². The summed E-state index contributed by atoms with van der Waals surface area (Å²) in [7, 11) is 5.12. The van der Waals surface area contributed by atoms with E-state index in [-0.39, 0.29) is 0 Å². The van der Waals surface area contributed by atoms with E-state index >= 15 is 0 Å². The third-order valence-electron chi connectivity index (χ3n) is 4.26. The molecule has 1 atom stereocenters. The molecule has 132 valence electrons. The number of allylic oxidation sites excluding steroid dienone is 2. The maximum absolute atomic E-state index is 5.54. The minimum atomic E-state index is 0.474. The molecule has 1 heterocycles. The van der Waals surface area contributed by atoms with Gasteiger partial charge in [0.25, 0.3) is 0 Å². The Hall–Kier alpha value is -2.34. The molecule has 3 rings (SSSR count). The van der Waals surface area contributed by atoms with Crippen LogP contribution in [0.3, 0.4) is 0 Å². The van der Waals surface area contributed by atoms with Gasteiger partial charge in [0.1, 0.15) is 11.5 Å². The summed E-state index contributed by atoms with van der Waals surface area (Å²) in [5.74, 6) is 2.04. The molecule has 0 aliphatic heterocycles. The zero-order valence-corrected chi connectivity index (χ0v) is 15.6. The largest absolute Gasteiger partial charge is 0.497 e. The third-order valence-corrected chi connectivity index (χ3v) is 5.17. The van der Waals surface area contributed by atoms with Gasteiger partial charge in [-0.2, -0.15) is 5.10 Å². The van der Waals surface area contributed by atoms with Gasteiger partial charge in [-0.15, -0.1) is 11.3 Å². The van der Waals surface area contributed by atoms with Crippen LogP contribution in [0.25, 0.3) is 11.3 Å². The van der Waals surface area contributed by atoms with Crippen molar-refractivity contribution >= 4 is 17.6 Å². The molecule has 1 aliphatic carbocycles. The molecule has 0 bridgehead atoms. The van der Waals surface area contributed by atoms with E-state index in [1.165, 1.54) is 0 Å². The molecule has 25 heavy (non-hydrogen) atoms. The Morgan fingerprint density at radius 1 is 1.24 bits per heavy atom. The van der Waals surface area contributed by atoms with Crippen molar-refractivity contribution in [3.63, 3.8) is 0 Å². The van der Waals surface area contributed by atoms with Crippen molar-refractivity contribution in [2.45, 2.75) is 19.3 Å². The topological polar surface area (TPSA) is 48.1 Å². The summed E-state index contributed by atoms with van der Waals surface area (Å²) in [6.45, 7) is 0. The molecule has 0 N–H and O–H groups in total. The van der Waals surface area contributed by atoms with E-state index in [4.69, 9.17) is 14.6 Å². The van der Waals surface area contributed by atoms with Gasteiger partial charge in [-0.05, 0) is 43.4 Å². The molecule has 0 radical (unpaired) electrons. The van der Waals surface area contributed by atoms with Crippen molar-refractivity contribution in [1.29, 1.82) is 0 Å². The number of hydrogen-bond donors (Lipinski definition) is 0. The van der Waals surface area contributed by atoms with E-state index in [2.05, 4.69) is 22.5 Å². The van der Waals surface area contributed by atoms with Crippen LogP contribution in [-0.2, 0) is 0 Å². The summed E-state index contributed by atoms with van der Waals surface area (Å²) in [4.78, 5) is 5.21. The minimum absolute atomic E-state index is 0.474. The molecular weight excluding hydrogens is 334 g/mol. The van der Waals surface area contributed by atoms with Gasteiger partial charge in [0.2, 0.25) is 4.80 Å². The van der Waals surface area contributed by atoms with Crippen LogP contribution in [0.2, 0.25) is 0 Å². The van der Waals surface area contributed by atoms with Crippen molar-refractivity contribution in [1.82, 2.24) is 4.68 Å². The maximum Gasteiger partial charge on any atom is 0.205 e. The van der Waals surface area contributed by atoms with Crippen LogP contribution in [-0.4, -0.2) is 32.2 Å². The number of hydrogen-bond acceptors (Lipinski definition) is 5. The van der Waals surface area contributed by atoms with Crippen molar-refractivity contribution in [3.05, 3.63) is 40.5 Å². The van der Waals surface area contributed by atoms with Crippen LogP contribution in [0.4, 0.5) is 0 Å². The number of ether oxygens (including phenoxy) is 2. The lowest BCUT2D eigenvalue weighted by Crippen LogP contribution is -2.14. The minimum Gasteiger partial charge on any atom is -0.497 e. The van der Waals surface area contributed by atoms with Gasteiger partial charge >= 0.3 is 0 Å². The summed E-state index contributed by atoms with van der Waals surface area (Å²) < 4.78 is 12.8. The summed E-state index contributed by atoms with van der Waals surface area (Å²) in [6, 6.07) is 5.77. The lowest BCUT2D eigenvalue weighted by atomic mass is 9.96. The van der Waals surface area contributed by atoms with Crippen LogP contribution >= 0.6 is 11.3 Å². The van der Waals surface area contributed by atoms with Gasteiger partial charge in [-0.25, -0.2) is 4.68 Å². The quantitative estimate of drug-likeness (QED) is 0.601. The number of thiazole rings is 1. The predicted molar refractivity (Wildman–Crippen MR) is 103 cm³/mol. The molecule has 0 amide bonds. The van der Waals surface area contributed by atoms with E-state index in [1.807, 2.05) is 29.1 Å². The first-order chi connectivity index (χ1) is 12.3. The fourth-order valence-electron chi connectivity index (χ4n) is 2.88. The lowest BCUT2D eigenvalue weighted by Gasteiger charge is -2.13. The van der Waals surface area contributed by atoms with Crippen LogP contribution in [0.1, 0.15) is 19.3 Å². The van der Waals surface area contributed by atoms with Gasteiger partial charge in [0.15, 0.2) is 0 Å². The molecule has 1 aromatic carbocycles. The van der Waals surface area contributed by atoms with E-state index < -0.39 is 0 Å². The fourth-order valence-corrected chi connectivity index (χ4v) is 3.67. The van der Waals surface area contributed by atoms with E-state index in [9.17, 15) is 0 Å². The number of aromatic nitrogens is 1. The highest BCUT2D eigenvalue weighted by molar-refractivity contribution is 7.07. The van der Waals surface area contributed by atoms with Crippen LogP contribution in [0.15, 0.2) is 45.8 Å². The molecule has 6 heteroatoms. The van der Waals surface area contributed by atoms with Crippen LogP contribution in [0, 0.1) is 5.92 Å². The van der Waals surface area contributed by atoms with Gasteiger partial charge in [0, 0.05) is 24.2 Å². The summed E-state index contributed by atoms with van der Waals surface area (Å²) in [6.07, 6.45) is 9.82. The fraction of sp³-hybridized carbons (Fsp3) is 0.368. The van der Waals surface area contributed by atoms with Crippen molar-refractivity contribution in [2.75, 3.05) is 21.3 Å². The highest BCUT2D eigenvalue weighted by Gasteiger charge is 2.14. The van der Waals surface area contributed by atoms with Gasteiger partial charge in [-0.3, -0.25) is 4.99 Å². The number of benzene rings is 1. The van der Waals surface area contributed by atoms with Crippen molar-refractivity contribution in [3.8, 4) is 22.8 Å². The Morgan fingerprint density at radius 2 is 2.12 bits per heavy atom. The average molecular weight is 357 g/mol. The molecule has 2 aromatic rings. The Balaban J connectivity index is 2.04. The second kappa shape index (κ2) is 8.16. The molecule has 5 nitrogen and oxygen atoms in total. The Morgan fingerprint density at radius 3 is 2.80 bits per heavy atom. The number of nitrogens with zero attached hydrogens (tertiary/aromatic N) is 3. The molecular formula is C19H23N3O2S. The first-order valence-electron chi connectivity index (χ1n) is 8.32. The van der Waals surface area contributed by atoms with Crippen molar-refractivity contribution < 1.29 is 9.47 Å². The molecule has 0 fully saturated rings. The maximum atomic E-state index is 5.54. The summed E-state index contributed by atoms with van der Waals surface area (Å²) >= 11 is 1.56. The Kier molecular flexibility index (Phi) is 5.71. The second-order valence-corrected chi connectivity index (χ2v) is 6.65. The highest BCUT2D eigenvalue weighted by Crippen LogP contribution is 2.33. The zero-order valence-electron chi connectivity index (χ0n) is 14.8. The monoisotopic (exact) mass is 357 g/mol. The standard InChI is InChI=1S/C19H23N3O2S/c1-20-19-22(21-12-14-7-5-4-6-8-14)17(13-25-19)16-11-15(23-2)9-10-18(16)24-3/h4-5,9-14H,6-8H2,1-3H3. The first kappa shape index (κ1) is 17.5. The summed E-state index contributed by atoms with van der Waals surface area (Å²) in [5, 5.41) is 6.80. The molecule has 1 aliphatic rings. The third kappa shape index (κ3) is 3.85. The second-order valence-electron chi connectivity index (χ2n) is 5.81. The number of rotatable bonds is 5. The SMILES string of the molecule is CN=c1scc(-c2cc(OC)ccc2OC)n1N=CC1CC=CCC1. The highest BCUT2D eigenvalue weighted by atomic mass is 32.1. The van der Waals surface area contributed by atoms with E-state index in [0.29, 0.717) is 5.92 Å². The molecule has 1 aromatic heterocycles. The molecule has 0 saturated carbocycles. The first-order valence-corrected chi connectivity index (χ1v) is 9.20. The van der Waals surface area contributed by atoms with Crippen LogP contribution < -0.4 is 14.3 Å². The average Bonchev–Trinajstić information content (AvgIpc) is 3.09. The van der Waals surface area contributed by atoms with Gasteiger partial charge < -0.3 is 9.47 Å². The Bertz CT molecular complexity index is 849. The lowest BCUT2D eigenvalue weighted by molar-refractivity contribution is 0.404. The molecule has 0 saturated heterocycles. The zero-order chi connectivity index (χ0) is 17.6. The van der Waals surface area contributed by atoms with Gasteiger partial charge in [-0.1, -0.05) is 12.2 Å². The van der Waals surface area contributed by atoms with E-state index in [1.54, 1.807) is 32.6 Å². The summed E-state index contributed by atoms with van der Waals surface area (Å²) in [5.41, 5.74) is 1.89. The number of methoxy groups -OCH3 is 2. The predicted octanol–water partition coefficient (Wildman–Crippen LogP) is 3.95. The van der Waals surface area contributed by atoms with Crippen LogP contribution in [0.5, 0.6) is 11.5 Å². The van der Waals surface area contributed by atoms with Crippen molar-refractivity contribution in [2.24, 2.45) is 16.0 Å². The Labute approximate surface area is 152 Å².